The minimum atomic E-state index is -3.50. The molecule has 0 aromatic carbocycles. The summed E-state index contributed by atoms with van der Waals surface area (Å²) in [4.78, 5) is 5.65. The van der Waals surface area contributed by atoms with Crippen LogP contribution in [-0.2, 0) is 16.6 Å². The summed E-state index contributed by atoms with van der Waals surface area (Å²) in [5.74, 6) is 0. The molecule has 2 aromatic heterocycles. The van der Waals surface area contributed by atoms with Gasteiger partial charge in [-0.15, -0.1) is 22.7 Å². The molecule has 0 saturated heterocycles. The van der Waals surface area contributed by atoms with E-state index < -0.39 is 10.0 Å². The van der Waals surface area contributed by atoms with Crippen molar-refractivity contribution in [2.24, 2.45) is 0 Å². The quantitative estimate of drug-likeness (QED) is 0.809. The summed E-state index contributed by atoms with van der Waals surface area (Å²) >= 11 is 2.91. The van der Waals surface area contributed by atoms with E-state index in [1.165, 1.54) is 22.7 Å². The smallest absolute Gasteiger partial charge is 0.242 e. The molecule has 0 amide bonds. The summed E-state index contributed by atoms with van der Waals surface area (Å²) in [6.07, 6.45) is 0. The van der Waals surface area contributed by atoms with Crippen molar-refractivity contribution in [2.45, 2.75) is 38.3 Å². The van der Waals surface area contributed by atoms with Gasteiger partial charge in [0, 0.05) is 27.9 Å². The summed E-state index contributed by atoms with van der Waals surface area (Å²) in [6.45, 7) is 7.27. The third-order valence-electron chi connectivity index (χ3n) is 2.83. The zero-order chi connectivity index (χ0) is 15.5. The Morgan fingerprint density at radius 3 is 2.71 bits per heavy atom. The van der Waals surface area contributed by atoms with Crippen LogP contribution in [0, 0.1) is 6.92 Å². The van der Waals surface area contributed by atoms with Crippen molar-refractivity contribution in [1.82, 2.24) is 15.0 Å². The SMILES string of the molecule is CCNCc1cc(S(=O)(=O)NC(C)c2nc(C)cs2)cs1. The molecular formula is C13H19N3O2S3. The van der Waals surface area contributed by atoms with Crippen molar-refractivity contribution in [2.75, 3.05) is 6.54 Å². The van der Waals surface area contributed by atoms with Crippen LogP contribution in [0.4, 0.5) is 0 Å². The van der Waals surface area contributed by atoms with Crippen molar-refractivity contribution in [3.63, 3.8) is 0 Å². The van der Waals surface area contributed by atoms with E-state index in [1.807, 2.05) is 26.2 Å². The summed E-state index contributed by atoms with van der Waals surface area (Å²) in [5, 5.41) is 7.55. The molecular weight excluding hydrogens is 326 g/mol. The predicted octanol–water partition coefficient (Wildman–Crippen LogP) is 2.66. The van der Waals surface area contributed by atoms with Gasteiger partial charge in [0.25, 0.3) is 0 Å². The number of nitrogens with zero attached hydrogens (tertiary/aromatic N) is 1. The Bertz CT molecular complexity index is 691. The first-order chi connectivity index (χ1) is 9.92. The fourth-order valence-electron chi connectivity index (χ4n) is 1.76. The molecule has 2 aromatic rings. The molecule has 21 heavy (non-hydrogen) atoms. The molecule has 0 aliphatic carbocycles. The normalized spacial score (nSPS) is 13.5. The molecule has 0 spiro atoms. The number of hydrogen-bond acceptors (Lipinski definition) is 6. The van der Waals surface area contributed by atoms with Gasteiger partial charge in [-0.25, -0.2) is 18.1 Å². The predicted molar refractivity (Wildman–Crippen MR) is 87.3 cm³/mol. The standard InChI is InChI=1S/C13H19N3O2S3/c1-4-14-6-11-5-12(8-19-11)21(17,18)16-10(3)13-15-9(2)7-20-13/h5,7-8,10,14,16H,4,6H2,1-3H3. The number of thiazole rings is 1. The van der Waals surface area contributed by atoms with Gasteiger partial charge in [0.1, 0.15) is 5.01 Å². The molecule has 0 bridgehead atoms. The van der Waals surface area contributed by atoms with Gasteiger partial charge in [0.15, 0.2) is 0 Å². The second-order valence-corrected chi connectivity index (χ2v) is 8.30. The molecule has 0 radical (unpaired) electrons. The Morgan fingerprint density at radius 2 is 2.10 bits per heavy atom. The van der Waals surface area contributed by atoms with E-state index in [9.17, 15) is 8.42 Å². The zero-order valence-electron chi connectivity index (χ0n) is 12.2. The first kappa shape index (κ1) is 16.6. The number of rotatable bonds is 7. The molecule has 0 saturated carbocycles. The summed E-state index contributed by atoms with van der Waals surface area (Å²) in [6, 6.07) is 1.39. The van der Waals surface area contributed by atoms with Crippen molar-refractivity contribution in [3.8, 4) is 0 Å². The molecule has 0 aliphatic rings. The van der Waals surface area contributed by atoms with E-state index in [1.54, 1.807) is 11.4 Å². The van der Waals surface area contributed by atoms with Gasteiger partial charge in [-0.2, -0.15) is 0 Å². The highest BCUT2D eigenvalue weighted by Gasteiger charge is 2.21. The maximum Gasteiger partial charge on any atom is 0.242 e. The fraction of sp³-hybridized carbons (Fsp3) is 0.462. The number of hydrogen-bond donors (Lipinski definition) is 2. The van der Waals surface area contributed by atoms with Gasteiger partial charge in [0.2, 0.25) is 10.0 Å². The van der Waals surface area contributed by atoms with E-state index in [4.69, 9.17) is 0 Å². The number of nitrogens with one attached hydrogen (secondary N) is 2. The molecule has 0 fully saturated rings. The molecule has 2 heterocycles. The van der Waals surface area contributed by atoms with Crippen LogP contribution in [0.15, 0.2) is 21.7 Å². The van der Waals surface area contributed by atoms with Crippen molar-refractivity contribution >= 4 is 32.7 Å². The molecule has 116 valence electrons. The van der Waals surface area contributed by atoms with Crippen molar-refractivity contribution in [3.05, 3.63) is 32.4 Å². The Hall–Kier alpha value is -0.800. The van der Waals surface area contributed by atoms with E-state index in [0.717, 1.165) is 22.1 Å². The largest absolute Gasteiger partial charge is 0.312 e. The first-order valence-electron chi connectivity index (χ1n) is 6.65. The lowest BCUT2D eigenvalue weighted by atomic mass is 10.4. The molecule has 1 atom stereocenters. The van der Waals surface area contributed by atoms with Crippen LogP contribution in [0.3, 0.4) is 0 Å². The van der Waals surface area contributed by atoms with Gasteiger partial charge in [-0.3, -0.25) is 0 Å². The maximum absolute atomic E-state index is 12.4. The van der Waals surface area contributed by atoms with Crippen LogP contribution in [-0.4, -0.2) is 19.9 Å². The fourth-order valence-corrected chi connectivity index (χ4v) is 5.10. The number of aryl methyl sites for hydroxylation is 1. The molecule has 0 aliphatic heterocycles. The van der Waals surface area contributed by atoms with E-state index in [-0.39, 0.29) is 6.04 Å². The van der Waals surface area contributed by atoms with Gasteiger partial charge in [0.05, 0.1) is 10.9 Å². The highest BCUT2D eigenvalue weighted by Crippen LogP contribution is 2.23. The summed E-state index contributed by atoms with van der Waals surface area (Å²) in [5.41, 5.74) is 0.907. The van der Waals surface area contributed by atoms with E-state index >= 15 is 0 Å². The molecule has 2 rings (SSSR count). The Morgan fingerprint density at radius 1 is 1.33 bits per heavy atom. The van der Waals surface area contributed by atoms with E-state index in [2.05, 4.69) is 15.0 Å². The highest BCUT2D eigenvalue weighted by molar-refractivity contribution is 7.89. The van der Waals surface area contributed by atoms with Crippen LogP contribution in [0.2, 0.25) is 0 Å². The second kappa shape index (κ2) is 6.97. The lowest BCUT2D eigenvalue weighted by molar-refractivity contribution is 0.566. The minimum Gasteiger partial charge on any atom is -0.312 e. The zero-order valence-corrected chi connectivity index (χ0v) is 14.7. The Kier molecular flexibility index (Phi) is 5.50. The lowest BCUT2D eigenvalue weighted by Crippen LogP contribution is -2.26. The van der Waals surface area contributed by atoms with Gasteiger partial charge < -0.3 is 5.32 Å². The van der Waals surface area contributed by atoms with Gasteiger partial charge >= 0.3 is 0 Å². The lowest BCUT2D eigenvalue weighted by Gasteiger charge is -2.10. The van der Waals surface area contributed by atoms with Crippen molar-refractivity contribution < 1.29 is 8.42 Å². The highest BCUT2D eigenvalue weighted by atomic mass is 32.2. The van der Waals surface area contributed by atoms with Crippen LogP contribution in [0.25, 0.3) is 0 Å². The van der Waals surface area contributed by atoms with Crippen molar-refractivity contribution in [1.29, 1.82) is 0 Å². The molecule has 1 unspecified atom stereocenters. The molecule has 5 nitrogen and oxygen atoms in total. The first-order valence-corrected chi connectivity index (χ1v) is 9.89. The monoisotopic (exact) mass is 345 g/mol. The average molecular weight is 346 g/mol. The summed E-state index contributed by atoms with van der Waals surface area (Å²) < 4.78 is 27.4. The minimum absolute atomic E-state index is 0.320. The summed E-state index contributed by atoms with van der Waals surface area (Å²) in [7, 11) is -3.50. The third kappa shape index (κ3) is 4.33. The van der Waals surface area contributed by atoms with Crippen LogP contribution >= 0.6 is 22.7 Å². The number of thiophene rings is 1. The molecule has 2 N–H and O–H groups in total. The van der Waals surface area contributed by atoms with Crippen LogP contribution < -0.4 is 10.0 Å². The van der Waals surface area contributed by atoms with Crippen LogP contribution in [0.5, 0.6) is 0 Å². The molecule has 8 heteroatoms. The van der Waals surface area contributed by atoms with E-state index in [0.29, 0.717) is 11.4 Å². The topological polar surface area (TPSA) is 71.1 Å². The third-order valence-corrected chi connectivity index (χ3v) is 6.58. The Balaban J connectivity index is 2.09. The van der Waals surface area contributed by atoms with Gasteiger partial charge in [-0.05, 0) is 26.5 Å². The average Bonchev–Trinajstić information content (AvgIpc) is 3.05. The maximum atomic E-state index is 12.4. The Labute approximate surface area is 133 Å². The van der Waals surface area contributed by atoms with Gasteiger partial charge in [-0.1, -0.05) is 6.92 Å². The number of sulfonamides is 1. The number of aromatic nitrogens is 1. The second-order valence-electron chi connectivity index (χ2n) is 4.70. The van der Waals surface area contributed by atoms with Crippen LogP contribution in [0.1, 0.15) is 35.5 Å².